The molecule has 26 heavy (non-hydrogen) atoms. The number of hydrogen-bond donors (Lipinski definition) is 3. The second kappa shape index (κ2) is 7.95. The number of carbonyl (C=O) groups is 2. The number of methoxy groups -OCH3 is 1. The number of ether oxygens (including phenoxy) is 1. The largest absolute Gasteiger partial charge is 0.497 e. The van der Waals surface area contributed by atoms with Crippen LogP contribution in [0.4, 0.5) is 4.79 Å². The van der Waals surface area contributed by atoms with E-state index in [4.69, 9.17) is 9.84 Å². The van der Waals surface area contributed by atoms with Gasteiger partial charge in [0.2, 0.25) is 0 Å². The predicted octanol–water partition coefficient (Wildman–Crippen LogP) is 2.16. The highest BCUT2D eigenvalue weighted by Crippen LogP contribution is 2.34. The van der Waals surface area contributed by atoms with Crippen LogP contribution in [0.2, 0.25) is 0 Å². The van der Waals surface area contributed by atoms with Gasteiger partial charge in [-0.2, -0.15) is 0 Å². The van der Waals surface area contributed by atoms with Crippen LogP contribution in [0, 0.1) is 5.92 Å². The number of rotatable bonds is 4. The Bertz CT molecular complexity index is 657. The first-order chi connectivity index (χ1) is 12.5. The Kier molecular flexibility index (Phi) is 5.66. The molecular weight excluding hydrogens is 336 g/mol. The van der Waals surface area contributed by atoms with E-state index < -0.39 is 12.1 Å². The molecule has 7 heteroatoms. The second-order valence-electron chi connectivity index (χ2n) is 7.17. The van der Waals surface area contributed by atoms with Crippen LogP contribution in [0.1, 0.15) is 43.7 Å². The van der Waals surface area contributed by atoms with Crippen LogP contribution in [0.25, 0.3) is 0 Å². The first kappa shape index (κ1) is 18.5. The number of carboxylic acid groups (broad SMARTS) is 1. The fourth-order valence-electron chi connectivity index (χ4n) is 3.95. The average molecular weight is 362 g/mol. The smallest absolute Gasteiger partial charge is 0.318 e. The van der Waals surface area contributed by atoms with Gasteiger partial charge in [0.25, 0.3) is 0 Å². The molecule has 1 aromatic carbocycles. The maximum Gasteiger partial charge on any atom is 0.318 e. The van der Waals surface area contributed by atoms with E-state index in [-0.39, 0.29) is 30.6 Å². The lowest BCUT2D eigenvalue weighted by atomic mass is 9.86. The van der Waals surface area contributed by atoms with Gasteiger partial charge in [0, 0.05) is 12.6 Å². The number of aliphatic hydroxyl groups excluding tert-OH is 1. The van der Waals surface area contributed by atoms with Crippen molar-refractivity contribution in [2.24, 2.45) is 5.92 Å². The molecule has 3 N–H and O–H groups in total. The summed E-state index contributed by atoms with van der Waals surface area (Å²) in [5, 5.41) is 22.2. The van der Waals surface area contributed by atoms with E-state index in [1.54, 1.807) is 12.0 Å². The molecular formula is C19H26N2O5. The summed E-state index contributed by atoms with van der Waals surface area (Å²) in [6, 6.07) is 7.14. The van der Waals surface area contributed by atoms with E-state index >= 15 is 0 Å². The Morgan fingerprint density at radius 2 is 1.96 bits per heavy atom. The molecule has 1 saturated carbocycles. The highest BCUT2D eigenvalue weighted by molar-refractivity contribution is 5.76. The monoisotopic (exact) mass is 362 g/mol. The van der Waals surface area contributed by atoms with Gasteiger partial charge in [0.1, 0.15) is 5.75 Å². The zero-order chi connectivity index (χ0) is 18.7. The molecule has 2 amide bonds. The number of nitrogens with zero attached hydrogens (tertiary/aromatic N) is 1. The van der Waals surface area contributed by atoms with E-state index in [0.29, 0.717) is 32.1 Å². The molecule has 0 bridgehead atoms. The van der Waals surface area contributed by atoms with E-state index in [1.165, 1.54) is 0 Å². The first-order valence-electron chi connectivity index (χ1n) is 9.10. The van der Waals surface area contributed by atoms with Crippen molar-refractivity contribution in [3.63, 3.8) is 0 Å². The number of aliphatic hydroxyl groups is 1. The minimum Gasteiger partial charge on any atom is -0.497 e. The van der Waals surface area contributed by atoms with Crippen molar-refractivity contribution >= 4 is 12.0 Å². The van der Waals surface area contributed by atoms with Gasteiger partial charge in [0.05, 0.1) is 25.2 Å². The maximum atomic E-state index is 12.8. The van der Waals surface area contributed by atoms with Crippen molar-refractivity contribution in [3.05, 3.63) is 29.8 Å². The predicted molar refractivity (Wildman–Crippen MR) is 95.0 cm³/mol. The fourth-order valence-corrected chi connectivity index (χ4v) is 3.95. The fraction of sp³-hybridized carbons (Fsp3) is 0.579. The number of benzene rings is 1. The number of β-amino-alcohol motifs (C(OH)–C–C–N with tert-alkyl or cyclic N) is 1. The van der Waals surface area contributed by atoms with Gasteiger partial charge in [-0.3, -0.25) is 4.79 Å². The Labute approximate surface area is 152 Å². The average Bonchev–Trinajstić information content (AvgIpc) is 3.04. The van der Waals surface area contributed by atoms with Gasteiger partial charge in [0.15, 0.2) is 0 Å². The zero-order valence-corrected chi connectivity index (χ0v) is 14.9. The summed E-state index contributed by atoms with van der Waals surface area (Å²) in [6.07, 6.45) is 2.45. The van der Waals surface area contributed by atoms with Crippen molar-refractivity contribution in [2.45, 2.75) is 50.3 Å². The molecule has 1 aromatic rings. The standard InChI is InChI=1S/C19H26N2O5/c1-26-16-4-2-3-13(9-16)17-10-15(22)11-21(17)19(25)20-14-7-5-12(6-8-14)18(23)24/h2-4,9,12,14-15,17,22H,5-8,10-11H2,1H3,(H,20,25)(H,23,24). The van der Waals surface area contributed by atoms with Gasteiger partial charge < -0.3 is 25.2 Å². The van der Waals surface area contributed by atoms with E-state index in [9.17, 15) is 14.7 Å². The maximum absolute atomic E-state index is 12.8. The van der Waals surface area contributed by atoms with Crippen LogP contribution in [-0.2, 0) is 4.79 Å². The van der Waals surface area contributed by atoms with E-state index in [1.807, 2.05) is 24.3 Å². The molecule has 2 unspecified atom stereocenters. The van der Waals surface area contributed by atoms with Crippen LogP contribution in [0.15, 0.2) is 24.3 Å². The molecule has 3 rings (SSSR count). The van der Waals surface area contributed by atoms with Crippen LogP contribution < -0.4 is 10.1 Å². The van der Waals surface area contributed by atoms with E-state index in [2.05, 4.69) is 5.32 Å². The van der Waals surface area contributed by atoms with Crippen molar-refractivity contribution < 1.29 is 24.5 Å². The highest BCUT2D eigenvalue weighted by atomic mass is 16.5. The molecule has 0 radical (unpaired) electrons. The van der Waals surface area contributed by atoms with Gasteiger partial charge >= 0.3 is 12.0 Å². The lowest BCUT2D eigenvalue weighted by molar-refractivity contribution is -0.142. The molecule has 1 aliphatic carbocycles. The van der Waals surface area contributed by atoms with Crippen LogP contribution >= 0.6 is 0 Å². The van der Waals surface area contributed by atoms with Crippen LogP contribution in [0.5, 0.6) is 5.75 Å². The van der Waals surface area contributed by atoms with Crippen LogP contribution in [-0.4, -0.2) is 52.9 Å². The third kappa shape index (κ3) is 4.09. The summed E-state index contributed by atoms with van der Waals surface area (Å²) >= 11 is 0. The Morgan fingerprint density at radius 1 is 1.23 bits per heavy atom. The summed E-state index contributed by atoms with van der Waals surface area (Å²) in [5.74, 6) is -0.340. The van der Waals surface area contributed by atoms with Gasteiger partial charge in [-0.15, -0.1) is 0 Å². The van der Waals surface area contributed by atoms with Gasteiger partial charge in [-0.1, -0.05) is 12.1 Å². The molecule has 2 aliphatic rings. The Hall–Kier alpha value is -2.28. The lowest BCUT2D eigenvalue weighted by Gasteiger charge is -2.31. The number of aliphatic carboxylic acids is 1. The number of carbonyl (C=O) groups excluding carboxylic acids is 1. The molecule has 0 aromatic heterocycles. The second-order valence-corrected chi connectivity index (χ2v) is 7.17. The normalized spacial score (nSPS) is 28.6. The van der Waals surface area contributed by atoms with Gasteiger partial charge in [-0.25, -0.2) is 4.79 Å². The van der Waals surface area contributed by atoms with Crippen molar-refractivity contribution in [2.75, 3.05) is 13.7 Å². The van der Waals surface area contributed by atoms with E-state index in [0.717, 1.165) is 11.3 Å². The summed E-state index contributed by atoms with van der Waals surface area (Å²) in [6.45, 7) is 0.290. The molecule has 0 spiro atoms. The molecule has 1 heterocycles. The molecule has 142 valence electrons. The number of likely N-dealkylation sites (tertiary alicyclic amines) is 1. The number of carboxylic acids is 1. The SMILES string of the molecule is COc1cccc(C2CC(O)CN2C(=O)NC2CCC(C(=O)O)CC2)c1. The zero-order valence-electron chi connectivity index (χ0n) is 14.9. The Balaban J connectivity index is 1.64. The molecule has 7 nitrogen and oxygen atoms in total. The Morgan fingerprint density at radius 3 is 2.62 bits per heavy atom. The summed E-state index contributed by atoms with van der Waals surface area (Å²) in [4.78, 5) is 25.5. The number of urea groups is 1. The highest BCUT2D eigenvalue weighted by Gasteiger charge is 2.37. The first-order valence-corrected chi connectivity index (χ1v) is 9.10. The minimum atomic E-state index is -0.754. The van der Waals surface area contributed by atoms with Crippen molar-refractivity contribution in [1.29, 1.82) is 0 Å². The van der Waals surface area contributed by atoms with Gasteiger partial charge in [-0.05, 0) is 49.8 Å². The summed E-state index contributed by atoms with van der Waals surface area (Å²) < 4.78 is 5.26. The quantitative estimate of drug-likeness (QED) is 0.762. The number of amides is 2. The number of nitrogens with one attached hydrogen (secondary N) is 1. The van der Waals surface area contributed by atoms with Crippen LogP contribution in [0.3, 0.4) is 0 Å². The van der Waals surface area contributed by atoms with Crippen molar-refractivity contribution in [3.8, 4) is 5.75 Å². The summed E-state index contributed by atoms with van der Waals surface area (Å²) in [7, 11) is 1.60. The summed E-state index contributed by atoms with van der Waals surface area (Å²) in [5.41, 5.74) is 0.936. The molecule has 2 fully saturated rings. The topological polar surface area (TPSA) is 99.1 Å². The number of hydrogen-bond acceptors (Lipinski definition) is 4. The molecule has 1 saturated heterocycles. The van der Waals surface area contributed by atoms with Crippen molar-refractivity contribution in [1.82, 2.24) is 10.2 Å². The third-order valence-corrected chi connectivity index (χ3v) is 5.42. The minimum absolute atomic E-state index is 0.0122. The lowest BCUT2D eigenvalue weighted by Crippen LogP contribution is -2.46. The molecule has 1 aliphatic heterocycles. The molecule has 2 atom stereocenters. The third-order valence-electron chi connectivity index (χ3n) is 5.42.